The monoisotopic (exact) mass is 480 g/mol. The highest BCUT2D eigenvalue weighted by Gasteiger charge is 2.49. The van der Waals surface area contributed by atoms with Gasteiger partial charge in [-0.05, 0) is 47.7 Å². The number of hydrogen-bond acceptors (Lipinski definition) is 5. The quantitative estimate of drug-likeness (QED) is 0.474. The zero-order valence-corrected chi connectivity index (χ0v) is 22.3. The summed E-state index contributed by atoms with van der Waals surface area (Å²) in [6.45, 7) is 17.2. The third kappa shape index (κ3) is 3.37. The third-order valence-electron chi connectivity index (χ3n) is 8.15. The largest absolute Gasteiger partial charge is 0.444 e. The SMILES string of the molecule is Cc1cc(-c2cnc([Si](C(C)C)(C(C)C)C(C)C)o2)n2ncc(C(=O)N3C[C@@H]4C[C@H]3CO4)c2c1. The molecule has 34 heavy (non-hydrogen) atoms. The molecule has 2 saturated heterocycles. The van der Waals surface area contributed by atoms with E-state index in [0.717, 1.165) is 28.7 Å². The number of fused-ring (bicyclic) bond motifs is 3. The number of aromatic nitrogens is 3. The van der Waals surface area contributed by atoms with Crippen molar-refractivity contribution in [2.24, 2.45) is 0 Å². The molecule has 2 aliphatic heterocycles. The van der Waals surface area contributed by atoms with E-state index >= 15 is 0 Å². The fourth-order valence-electron chi connectivity index (χ4n) is 6.70. The average Bonchev–Trinajstić information content (AvgIpc) is 3.56. The number of likely N-dealkylation sites (tertiary alicyclic amines) is 1. The molecule has 7 nitrogen and oxygen atoms in total. The van der Waals surface area contributed by atoms with Crippen LogP contribution in [-0.4, -0.2) is 58.8 Å². The van der Waals surface area contributed by atoms with Gasteiger partial charge in [-0.25, -0.2) is 9.50 Å². The minimum absolute atomic E-state index is 0.0338. The Labute approximate surface area is 202 Å². The van der Waals surface area contributed by atoms with Gasteiger partial charge < -0.3 is 14.1 Å². The topological polar surface area (TPSA) is 72.9 Å². The molecule has 1 amide bonds. The van der Waals surface area contributed by atoms with Gasteiger partial charge in [0.2, 0.25) is 0 Å². The molecule has 0 unspecified atom stereocenters. The number of amides is 1. The Morgan fingerprint density at radius 1 is 1.09 bits per heavy atom. The fraction of sp³-hybridized carbons (Fsp3) is 0.577. The first-order chi connectivity index (χ1) is 16.1. The number of rotatable bonds is 6. The Balaban J connectivity index is 1.57. The molecule has 8 heteroatoms. The van der Waals surface area contributed by atoms with Crippen molar-refractivity contribution in [3.63, 3.8) is 0 Å². The second-order valence-corrected chi connectivity index (χ2v) is 16.8. The van der Waals surface area contributed by atoms with E-state index in [1.54, 1.807) is 6.20 Å². The second kappa shape index (κ2) is 8.34. The summed E-state index contributed by atoms with van der Waals surface area (Å²) in [5, 5.41) is 4.63. The minimum atomic E-state index is -2.02. The lowest BCUT2D eigenvalue weighted by atomic mass is 10.1. The van der Waals surface area contributed by atoms with Gasteiger partial charge in [0, 0.05) is 6.54 Å². The maximum Gasteiger partial charge on any atom is 0.258 e. The van der Waals surface area contributed by atoms with Gasteiger partial charge in [-0.2, -0.15) is 5.10 Å². The predicted molar refractivity (Wildman–Crippen MR) is 135 cm³/mol. The van der Waals surface area contributed by atoms with Crippen molar-refractivity contribution in [2.75, 3.05) is 13.2 Å². The van der Waals surface area contributed by atoms with Crippen molar-refractivity contribution < 1.29 is 13.9 Å². The summed E-state index contributed by atoms with van der Waals surface area (Å²) < 4.78 is 14.1. The second-order valence-electron chi connectivity index (χ2n) is 11.0. The van der Waals surface area contributed by atoms with Gasteiger partial charge in [-0.15, -0.1) is 0 Å². The zero-order valence-electron chi connectivity index (χ0n) is 21.3. The summed E-state index contributed by atoms with van der Waals surface area (Å²) >= 11 is 0. The van der Waals surface area contributed by atoms with Crippen molar-refractivity contribution >= 4 is 25.0 Å². The van der Waals surface area contributed by atoms with Gasteiger partial charge in [0.05, 0.1) is 42.2 Å². The van der Waals surface area contributed by atoms with E-state index in [1.807, 2.05) is 28.6 Å². The van der Waals surface area contributed by atoms with Gasteiger partial charge in [-0.1, -0.05) is 41.5 Å². The van der Waals surface area contributed by atoms with Crippen LogP contribution in [0.1, 0.15) is 63.9 Å². The van der Waals surface area contributed by atoms with Crippen LogP contribution in [0.5, 0.6) is 0 Å². The van der Waals surface area contributed by atoms with E-state index < -0.39 is 8.07 Å². The van der Waals surface area contributed by atoms with Gasteiger partial charge >= 0.3 is 0 Å². The van der Waals surface area contributed by atoms with Crippen LogP contribution >= 0.6 is 0 Å². The molecule has 5 heterocycles. The number of hydrogen-bond donors (Lipinski definition) is 0. The Morgan fingerprint density at radius 3 is 2.38 bits per heavy atom. The lowest BCUT2D eigenvalue weighted by molar-refractivity contribution is 0.0260. The molecule has 182 valence electrons. The van der Waals surface area contributed by atoms with E-state index in [-0.39, 0.29) is 18.1 Å². The number of pyridine rings is 1. The van der Waals surface area contributed by atoms with Crippen molar-refractivity contribution in [1.29, 1.82) is 0 Å². The molecule has 2 bridgehead atoms. The molecule has 3 aromatic heterocycles. The third-order valence-corrected chi connectivity index (χ3v) is 14.9. The van der Waals surface area contributed by atoms with Gasteiger partial charge in [0.15, 0.2) is 19.3 Å². The average molecular weight is 481 g/mol. The van der Waals surface area contributed by atoms with Crippen LogP contribution in [0, 0.1) is 6.92 Å². The summed E-state index contributed by atoms with van der Waals surface area (Å²) in [7, 11) is -2.02. The normalized spacial score (nSPS) is 20.6. The highest BCUT2D eigenvalue weighted by Crippen LogP contribution is 2.41. The van der Waals surface area contributed by atoms with Gasteiger partial charge in [0.25, 0.3) is 5.91 Å². The van der Waals surface area contributed by atoms with E-state index in [0.29, 0.717) is 41.1 Å². The van der Waals surface area contributed by atoms with Crippen molar-refractivity contribution in [3.05, 3.63) is 35.7 Å². The number of morpholine rings is 1. The molecule has 5 rings (SSSR count). The van der Waals surface area contributed by atoms with Crippen molar-refractivity contribution in [3.8, 4) is 11.5 Å². The summed E-state index contributed by atoms with van der Waals surface area (Å²) in [6.07, 6.45) is 4.65. The zero-order chi connectivity index (χ0) is 24.4. The number of nitrogens with zero attached hydrogens (tertiary/aromatic N) is 4. The number of aryl methyl sites for hydroxylation is 1. The number of carbonyl (C=O) groups is 1. The summed E-state index contributed by atoms with van der Waals surface area (Å²) in [5.41, 5.74) is 5.75. The molecule has 3 aromatic rings. The highest BCUT2D eigenvalue weighted by molar-refractivity contribution is 6.93. The Morgan fingerprint density at radius 2 is 1.79 bits per heavy atom. The van der Waals surface area contributed by atoms with Crippen molar-refractivity contribution in [2.45, 2.75) is 83.7 Å². The van der Waals surface area contributed by atoms with E-state index in [9.17, 15) is 4.79 Å². The molecule has 0 aliphatic carbocycles. The van der Waals surface area contributed by atoms with E-state index in [2.05, 4.69) is 52.7 Å². The van der Waals surface area contributed by atoms with Crippen LogP contribution in [-0.2, 0) is 4.74 Å². The first-order valence-corrected chi connectivity index (χ1v) is 14.7. The van der Waals surface area contributed by atoms with Crippen molar-refractivity contribution in [1.82, 2.24) is 19.5 Å². The number of ether oxygens (including phenoxy) is 1. The molecule has 0 N–H and O–H groups in total. The maximum absolute atomic E-state index is 13.4. The summed E-state index contributed by atoms with van der Waals surface area (Å²) in [4.78, 5) is 20.2. The van der Waals surface area contributed by atoms with Crippen LogP contribution < -0.4 is 5.51 Å². The van der Waals surface area contributed by atoms with Crippen LogP contribution in [0.4, 0.5) is 0 Å². The molecular weight excluding hydrogens is 444 g/mol. The standard InChI is InChI=1S/C26H36N4O3Si/c1-15(2)34(16(3)4,17(5)6)26-27-12-24(33-26)23-9-18(7)8-22-21(11-28-30(22)23)25(31)29-13-20-10-19(29)14-32-20/h8-9,11-12,15-17,19-20H,10,13-14H2,1-7H3/t19-,20-/m0/s1. The van der Waals surface area contributed by atoms with Crippen LogP contribution in [0.3, 0.4) is 0 Å². The fourth-order valence-corrected chi connectivity index (χ4v) is 12.8. The van der Waals surface area contributed by atoms with Crippen LogP contribution in [0.15, 0.2) is 28.9 Å². The molecule has 0 spiro atoms. The predicted octanol–water partition coefficient (Wildman–Crippen LogP) is 4.80. The van der Waals surface area contributed by atoms with Crippen LogP contribution in [0.2, 0.25) is 16.6 Å². The smallest absolute Gasteiger partial charge is 0.258 e. The Kier molecular flexibility index (Phi) is 5.71. The summed E-state index contributed by atoms with van der Waals surface area (Å²) in [6, 6.07) is 4.27. The van der Waals surface area contributed by atoms with E-state index in [1.165, 1.54) is 0 Å². The first kappa shape index (κ1) is 23.3. The molecule has 2 fully saturated rings. The maximum atomic E-state index is 13.4. The molecule has 0 aromatic carbocycles. The first-order valence-electron chi connectivity index (χ1n) is 12.5. The summed E-state index contributed by atoms with van der Waals surface area (Å²) in [5.74, 6) is 0.740. The Bertz CT molecular complexity index is 1210. The van der Waals surface area contributed by atoms with Gasteiger partial charge in [-0.3, -0.25) is 4.79 Å². The number of oxazole rings is 1. The van der Waals surface area contributed by atoms with Crippen LogP contribution in [0.25, 0.3) is 17.0 Å². The minimum Gasteiger partial charge on any atom is -0.444 e. The lowest BCUT2D eigenvalue weighted by Crippen LogP contribution is -2.56. The Hall–Kier alpha value is -2.45. The molecule has 0 saturated carbocycles. The molecule has 2 aliphatic rings. The van der Waals surface area contributed by atoms with Gasteiger partial charge in [0.1, 0.15) is 5.69 Å². The molecule has 2 atom stereocenters. The van der Waals surface area contributed by atoms with E-state index in [4.69, 9.17) is 14.1 Å². The molecular formula is C26H36N4O3Si. The highest BCUT2D eigenvalue weighted by atomic mass is 28.3. The lowest BCUT2D eigenvalue weighted by Gasteiger charge is -2.39. The molecule has 0 radical (unpaired) electrons. The number of carbonyl (C=O) groups excluding carboxylic acids is 1.